The molecule has 1 heteroatoms. The van der Waals surface area contributed by atoms with Crippen LogP contribution in [0.4, 0.5) is 0 Å². The van der Waals surface area contributed by atoms with E-state index in [0.717, 1.165) is 0 Å². The fourth-order valence-corrected chi connectivity index (χ4v) is 2.58. The molecule has 1 aromatic heterocycles. The highest BCUT2D eigenvalue weighted by atomic mass is 32.1. The number of hydrogen-bond donors (Lipinski definition) is 0. The molecule has 0 nitrogen and oxygen atoms in total. The van der Waals surface area contributed by atoms with Crippen LogP contribution in [0, 0.1) is 6.07 Å². The van der Waals surface area contributed by atoms with Gasteiger partial charge < -0.3 is 0 Å². The lowest BCUT2D eigenvalue weighted by molar-refractivity contribution is 1.66. The first-order valence-corrected chi connectivity index (χ1v) is 5.76. The summed E-state index contributed by atoms with van der Waals surface area (Å²) in [6, 6.07) is 19.9. The van der Waals surface area contributed by atoms with Gasteiger partial charge in [0.2, 0.25) is 0 Å². The Kier molecular flexibility index (Phi) is 2.04. The summed E-state index contributed by atoms with van der Waals surface area (Å²) in [5, 5.41) is 3.45. The Bertz CT molecular complexity index is 578. The minimum Gasteiger partial charge on any atom is -0.144 e. The first kappa shape index (κ1) is 8.69. The fourth-order valence-electron chi connectivity index (χ4n) is 1.79. The maximum Gasteiger partial charge on any atom is 0.0355 e. The maximum atomic E-state index is 3.20. The van der Waals surface area contributed by atoms with Crippen molar-refractivity contribution in [2.75, 3.05) is 0 Å². The Hall–Kier alpha value is -1.60. The van der Waals surface area contributed by atoms with Gasteiger partial charge in [0.15, 0.2) is 0 Å². The first-order chi connectivity index (χ1) is 7.45. The standard InChI is InChI=1S/C14H9S/c1-2-5-11(6-3-1)12-7-4-8-14-13(12)9-10-15-14/h1-3,5-10H. The van der Waals surface area contributed by atoms with Gasteiger partial charge in [-0.15, -0.1) is 11.3 Å². The molecule has 1 radical (unpaired) electrons. The van der Waals surface area contributed by atoms with Crippen molar-refractivity contribution in [3.63, 3.8) is 0 Å². The summed E-state index contributed by atoms with van der Waals surface area (Å²) < 4.78 is 1.30. The Morgan fingerprint density at radius 1 is 0.933 bits per heavy atom. The van der Waals surface area contributed by atoms with Crippen molar-refractivity contribution in [1.29, 1.82) is 0 Å². The van der Waals surface area contributed by atoms with Crippen LogP contribution in [0.15, 0.2) is 53.9 Å². The summed E-state index contributed by atoms with van der Waals surface area (Å²) in [7, 11) is 0. The van der Waals surface area contributed by atoms with E-state index in [1.807, 2.05) is 12.1 Å². The number of thiophene rings is 1. The van der Waals surface area contributed by atoms with E-state index < -0.39 is 0 Å². The van der Waals surface area contributed by atoms with Crippen molar-refractivity contribution >= 4 is 21.4 Å². The summed E-state index contributed by atoms with van der Waals surface area (Å²) in [6.07, 6.45) is 0. The molecule has 3 rings (SSSR count). The first-order valence-electron chi connectivity index (χ1n) is 4.88. The van der Waals surface area contributed by atoms with Gasteiger partial charge in [0.25, 0.3) is 0 Å². The summed E-state index contributed by atoms with van der Waals surface area (Å²) in [4.78, 5) is 0. The monoisotopic (exact) mass is 209 g/mol. The van der Waals surface area contributed by atoms with Crippen molar-refractivity contribution < 1.29 is 0 Å². The average Bonchev–Trinajstić information content (AvgIpc) is 2.78. The minimum absolute atomic E-state index is 1.26. The van der Waals surface area contributed by atoms with Gasteiger partial charge in [0.1, 0.15) is 0 Å². The lowest BCUT2D eigenvalue weighted by Gasteiger charge is -2.02. The molecule has 0 saturated heterocycles. The van der Waals surface area contributed by atoms with Crippen LogP contribution in [0.2, 0.25) is 0 Å². The fraction of sp³-hybridized carbons (Fsp3) is 0. The van der Waals surface area contributed by atoms with E-state index in [4.69, 9.17) is 0 Å². The highest BCUT2D eigenvalue weighted by molar-refractivity contribution is 7.17. The summed E-state index contributed by atoms with van der Waals surface area (Å²) in [5.74, 6) is 0. The smallest absolute Gasteiger partial charge is 0.0355 e. The second-order valence-electron chi connectivity index (χ2n) is 3.43. The predicted molar refractivity (Wildman–Crippen MR) is 66.1 cm³/mol. The number of fused-ring (bicyclic) bond motifs is 1. The molecule has 0 amide bonds. The molecular weight excluding hydrogens is 200 g/mol. The van der Waals surface area contributed by atoms with Crippen LogP contribution in [0.25, 0.3) is 21.2 Å². The van der Waals surface area contributed by atoms with E-state index in [-0.39, 0.29) is 0 Å². The van der Waals surface area contributed by atoms with Crippen LogP contribution in [-0.2, 0) is 0 Å². The molecule has 1 heterocycles. The van der Waals surface area contributed by atoms with E-state index >= 15 is 0 Å². The molecular formula is C14H9S. The Morgan fingerprint density at radius 2 is 1.80 bits per heavy atom. The third-order valence-electron chi connectivity index (χ3n) is 2.51. The molecule has 0 aliphatic heterocycles. The molecule has 3 aromatic rings. The van der Waals surface area contributed by atoms with Crippen LogP contribution >= 0.6 is 11.3 Å². The van der Waals surface area contributed by atoms with Crippen molar-refractivity contribution in [3.8, 4) is 11.1 Å². The normalized spacial score (nSPS) is 10.7. The molecule has 0 aliphatic carbocycles. The average molecular weight is 209 g/mol. The second-order valence-corrected chi connectivity index (χ2v) is 4.38. The molecule has 0 bridgehead atoms. The van der Waals surface area contributed by atoms with E-state index in [2.05, 4.69) is 47.8 Å². The van der Waals surface area contributed by atoms with Gasteiger partial charge in [-0.05, 0) is 40.8 Å². The third-order valence-corrected chi connectivity index (χ3v) is 3.38. The lowest BCUT2D eigenvalue weighted by Crippen LogP contribution is -1.76. The zero-order chi connectivity index (χ0) is 10.1. The van der Waals surface area contributed by atoms with Gasteiger partial charge in [-0.1, -0.05) is 30.3 Å². The topological polar surface area (TPSA) is 0 Å². The molecule has 0 N–H and O–H groups in total. The van der Waals surface area contributed by atoms with Crippen LogP contribution in [0.1, 0.15) is 0 Å². The van der Waals surface area contributed by atoms with Gasteiger partial charge in [-0.3, -0.25) is 0 Å². The second kappa shape index (κ2) is 3.52. The van der Waals surface area contributed by atoms with Crippen molar-refractivity contribution in [2.24, 2.45) is 0 Å². The van der Waals surface area contributed by atoms with Crippen molar-refractivity contribution in [3.05, 3.63) is 60.0 Å². The molecule has 0 spiro atoms. The Morgan fingerprint density at radius 3 is 2.67 bits per heavy atom. The molecule has 0 saturated carbocycles. The molecule has 71 valence electrons. The molecule has 0 aliphatic rings. The Labute approximate surface area is 92.8 Å². The molecule has 0 atom stereocenters. The van der Waals surface area contributed by atoms with Crippen LogP contribution < -0.4 is 0 Å². The van der Waals surface area contributed by atoms with Gasteiger partial charge in [-0.25, -0.2) is 0 Å². The molecule has 15 heavy (non-hydrogen) atoms. The van der Waals surface area contributed by atoms with Crippen LogP contribution in [0.3, 0.4) is 0 Å². The van der Waals surface area contributed by atoms with Gasteiger partial charge in [-0.2, -0.15) is 0 Å². The molecule has 0 fully saturated rings. The van der Waals surface area contributed by atoms with E-state index in [1.165, 1.54) is 21.2 Å². The van der Waals surface area contributed by atoms with Crippen LogP contribution in [-0.4, -0.2) is 0 Å². The van der Waals surface area contributed by atoms with E-state index in [9.17, 15) is 0 Å². The van der Waals surface area contributed by atoms with E-state index in [0.29, 0.717) is 0 Å². The van der Waals surface area contributed by atoms with Gasteiger partial charge in [0.05, 0.1) is 0 Å². The number of benzene rings is 2. The largest absolute Gasteiger partial charge is 0.144 e. The predicted octanol–water partition coefficient (Wildman–Crippen LogP) is 4.37. The summed E-state index contributed by atoms with van der Waals surface area (Å²) in [6.45, 7) is 0. The Balaban J connectivity index is 2.31. The lowest BCUT2D eigenvalue weighted by atomic mass is 10.0. The zero-order valence-corrected chi connectivity index (χ0v) is 8.92. The number of rotatable bonds is 1. The maximum absolute atomic E-state index is 3.20. The quantitative estimate of drug-likeness (QED) is 0.558. The zero-order valence-electron chi connectivity index (χ0n) is 8.10. The summed E-state index contributed by atoms with van der Waals surface area (Å²) >= 11 is 1.76. The highest BCUT2D eigenvalue weighted by Gasteiger charge is 2.03. The molecule has 2 aromatic carbocycles. The van der Waals surface area contributed by atoms with Gasteiger partial charge >= 0.3 is 0 Å². The SMILES string of the molecule is [c]1cc(-c2ccccc2)c2ccsc2c1. The minimum atomic E-state index is 1.26. The van der Waals surface area contributed by atoms with Crippen molar-refractivity contribution in [2.45, 2.75) is 0 Å². The molecule has 0 unspecified atom stereocenters. The third kappa shape index (κ3) is 1.45. The number of hydrogen-bond acceptors (Lipinski definition) is 1. The van der Waals surface area contributed by atoms with Gasteiger partial charge in [0, 0.05) is 10.1 Å². The highest BCUT2D eigenvalue weighted by Crippen LogP contribution is 2.30. The van der Waals surface area contributed by atoms with Crippen molar-refractivity contribution in [1.82, 2.24) is 0 Å². The summed E-state index contributed by atoms with van der Waals surface area (Å²) in [5.41, 5.74) is 2.53. The van der Waals surface area contributed by atoms with E-state index in [1.54, 1.807) is 11.3 Å². The van der Waals surface area contributed by atoms with Crippen LogP contribution in [0.5, 0.6) is 0 Å².